The maximum atomic E-state index is 4.92. The molecule has 0 fully saturated rings. The molecule has 0 radical (unpaired) electrons. The molecule has 0 bridgehead atoms. The van der Waals surface area contributed by atoms with Crippen LogP contribution in [0.2, 0.25) is 0 Å². The van der Waals surface area contributed by atoms with Gasteiger partial charge < -0.3 is 5.32 Å². The van der Waals surface area contributed by atoms with E-state index in [1.54, 1.807) is 0 Å². The second-order valence-corrected chi connectivity index (χ2v) is 7.67. The van der Waals surface area contributed by atoms with E-state index in [1.807, 2.05) is 0 Å². The van der Waals surface area contributed by atoms with Crippen LogP contribution in [0.15, 0.2) is 24.3 Å². The number of halogens is 1. The number of para-hydroxylation sites is 1. The molecule has 1 aromatic carbocycles. The van der Waals surface area contributed by atoms with Crippen molar-refractivity contribution >= 4 is 32.5 Å². The van der Waals surface area contributed by atoms with E-state index in [-0.39, 0.29) is 0 Å². The number of benzene rings is 1. The Morgan fingerprint density at radius 3 is 2.54 bits per heavy atom. The van der Waals surface area contributed by atoms with Crippen LogP contribution in [-0.2, 0) is 12.8 Å². The van der Waals surface area contributed by atoms with Gasteiger partial charge in [0.2, 0.25) is 0 Å². The molecular weight excluding hydrogens is 360 g/mol. The molecule has 3 heteroatoms. The summed E-state index contributed by atoms with van der Waals surface area (Å²) in [6, 6.07) is 8.61. The van der Waals surface area contributed by atoms with E-state index in [2.05, 4.69) is 45.5 Å². The molecule has 2 aromatic rings. The highest BCUT2D eigenvalue weighted by Gasteiger charge is 2.17. The average molecular weight is 389 g/mol. The quantitative estimate of drug-likeness (QED) is 0.404. The van der Waals surface area contributed by atoms with E-state index in [4.69, 9.17) is 4.98 Å². The largest absolute Gasteiger partial charge is 0.384 e. The molecule has 0 saturated carbocycles. The first-order valence-electron chi connectivity index (χ1n) is 9.60. The summed E-state index contributed by atoms with van der Waals surface area (Å²) in [6.07, 6.45) is 12.9. The van der Waals surface area contributed by atoms with Crippen molar-refractivity contribution in [2.24, 2.45) is 0 Å². The summed E-state index contributed by atoms with van der Waals surface area (Å²) in [7, 11) is 0. The van der Waals surface area contributed by atoms with Crippen LogP contribution < -0.4 is 5.32 Å². The first-order valence-corrected chi connectivity index (χ1v) is 10.7. The molecule has 1 aliphatic rings. The van der Waals surface area contributed by atoms with Crippen molar-refractivity contribution in [3.8, 4) is 0 Å². The average Bonchev–Trinajstić information content (AvgIpc) is 2.63. The van der Waals surface area contributed by atoms with Crippen molar-refractivity contribution in [2.45, 2.75) is 64.2 Å². The number of rotatable bonds is 9. The molecule has 0 unspecified atom stereocenters. The van der Waals surface area contributed by atoms with Gasteiger partial charge in [-0.25, -0.2) is 0 Å². The zero-order chi connectivity index (χ0) is 16.6. The Labute approximate surface area is 154 Å². The standard InChI is InChI=1S/C21H29BrN2/c22-15-9-3-1-2-4-10-16-23-21-17-11-5-7-13-19(17)24-20-14-8-6-12-18(20)21/h5,7,11,13H,1-4,6,8-10,12,14-16H2,(H,23,24). The van der Waals surface area contributed by atoms with Crippen LogP contribution in [0.4, 0.5) is 5.69 Å². The van der Waals surface area contributed by atoms with Crippen molar-refractivity contribution in [3.05, 3.63) is 35.5 Å². The normalized spacial score (nSPS) is 13.9. The van der Waals surface area contributed by atoms with Gasteiger partial charge in [0, 0.05) is 28.6 Å². The predicted molar refractivity (Wildman–Crippen MR) is 108 cm³/mol. The fraction of sp³-hybridized carbons (Fsp3) is 0.571. The Balaban J connectivity index is 1.61. The van der Waals surface area contributed by atoms with Gasteiger partial charge in [0.25, 0.3) is 0 Å². The minimum Gasteiger partial charge on any atom is -0.384 e. The molecule has 0 saturated heterocycles. The Kier molecular flexibility index (Phi) is 6.95. The van der Waals surface area contributed by atoms with Crippen LogP contribution in [0, 0.1) is 0 Å². The highest BCUT2D eigenvalue weighted by Crippen LogP contribution is 2.33. The topological polar surface area (TPSA) is 24.9 Å². The van der Waals surface area contributed by atoms with Crippen LogP contribution in [0.5, 0.6) is 0 Å². The third-order valence-electron chi connectivity index (χ3n) is 5.03. The van der Waals surface area contributed by atoms with Crippen LogP contribution in [0.1, 0.15) is 62.6 Å². The fourth-order valence-corrected chi connectivity index (χ4v) is 4.11. The number of anilines is 1. The van der Waals surface area contributed by atoms with Gasteiger partial charge in [-0.2, -0.15) is 0 Å². The van der Waals surface area contributed by atoms with E-state index in [9.17, 15) is 0 Å². The first kappa shape index (κ1) is 17.7. The third kappa shape index (κ3) is 4.50. The Bertz CT molecular complexity index is 654. The predicted octanol–water partition coefficient (Wildman–Crippen LogP) is 6.26. The van der Waals surface area contributed by atoms with Crippen molar-refractivity contribution < 1.29 is 0 Å². The number of aromatic nitrogens is 1. The second-order valence-electron chi connectivity index (χ2n) is 6.87. The van der Waals surface area contributed by atoms with Gasteiger partial charge in [-0.05, 0) is 50.2 Å². The monoisotopic (exact) mass is 388 g/mol. The van der Waals surface area contributed by atoms with E-state index in [0.717, 1.165) is 23.8 Å². The number of unbranched alkanes of at least 4 members (excludes halogenated alkanes) is 5. The molecule has 1 heterocycles. The molecule has 0 amide bonds. The molecule has 1 N–H and O–H groups in total. The van der Waals surface area contributed by atoms with Crippen LogP contribution >= 0.6 is 15.9 Å². The molecule has 0 aliphatic heterocycles. The van der Waals surface area contributed by atoms with Crippen LogP contribution in [0.3, 0.4) is 0 Å². The lowest BCUT2D eigenvalue weighted by molar-refractivity contribution is 0.619. The van der Waals surface area contributed by atoms with Gasteiger partial charge in [0.15, 0.2) is 0 Å². The van der Waals surface area contributed by atoms with Gasteiger partial charge in [-0.15, -0.1) is 0 Å². The molecule has 3 rings (SSSR count). The summed E-state index contributed by atoms with van der Waals surface area (Å²) < 4.78 is 0. The lowest BCUT2D eigenvalue weighted by Gasteiger charge is -2.21. The minimum absolute atomic E-state index is 1.08. The van der Waals surface area contributed by atoms with E-state index in [0.29, 0.717) is 0 Å². The zero-order valence-corrected chi connectivity index (χ0v) is 16.2. The van der Waals surface area contributed by atoms with E-state index >= 15 is 0 Å². The number of nitrogens with zero attached hydrogens (tertiary/aromatic N) is 1. The lowest BCUT2D eigenvalue weighted by atomic mass is 9.92. The summed E-state index contributed by atoms with van der Waals surface area (Å²) in [5.41, 5.74) is 5.33. The number of hydrogen-bond acceptors (Lipinski definition) is 2. The maximum Gasteiger partial charge on any atom is 0.0726 e. The third-order valence-corrected chi connectivity index (χ3v) is 5.59. The minimum atomic E-state index is 1.08. The summed E-state index contributed by atoms with van der Waals surface area (Å²) in [5.74, 6) is 0. The van der Waals surface area contributed by atoms with Crippen LogP contribution in [0.25, 0.3) is 10.9 Å². The number of aryl methyl sites for hydroxylation is 1. The van der Waals surface area contributed by atoms with Crippen molar-refractivity contribution in [2.75, 3.05) is 17.2 Å². The van der Waals surface area contributed by atoms with Gasteiger partial charge in [0.05, 0.1) is 5.52 Å². The van der Waals surface area contributed by atoms with Crippen molar-refractivity contribution in [3.63, 3.8) is 0 Å². The summed E-state index contributed by atoms with van der Waals surface area (Å²) >= 11 is 3.50. The smallest absolute Gasteiger partial charge is 0.0726 e. The highest BCUT2D eigenvalue weighted by atomic mass is 79.9. The summed E-state index contributed by atoms with van der Waals surface area (Å²) in [5, 5.41) is 6.22. The maximum absolute atomic E-state index is 4.92. The van der Waals surface area contributed by atoms with Gasteiger partial charge in [-0.1, -0.05) is 59.8 Å². The molecular formula is C21H29BrN2. The Morgan fingerprint density at radius 1 is 0.917 bits per heavy atom. The zero-order valence-electron chi connectivity index (χ0n) is 14.6. The molecule has 24 heavy (non-hydrogen) atoms. The molecule has 130 valence electrons. The molecule has 2 nitrogen and oxygen atoms in total. The molecule has 1 aromatic heterocycles. The highest BCUT2D eigenvalue weighted by molar-refractivity contribution is 9.09. The molecule has 1 aliphatic carbocycles. The summed E-state index contributed by atoms with van der Waals surface area (Å²) in [4.78, 5) is 4.92. The fourth-order valence-electron chi connectivity index (χ4n) is 3.71. The van der Waals surface area contributed by atoms with Crippen molar-refractivity contribution in [1.82, 2.24) is 4.98 Å². The van der Waals surface area contributed by atoms with Crippen LogP contribution in [-0.4, -0.2) is 16.9 Å². The van der Waals surface area contributed by atoms with Gasteiger partial charge >= 0.3 is 0 Å². The lowest BCUT2D eigenvalue weighted by Crippen LogP contribution is -2.12. The number of hydrogen-bond donors (Lipinski definition) is 1. The van der Waals surface area contributed by atoms with E-state index < -0.39 is 0 Å². The number of alkyl halides is 1. The molecule has 0 atom stereocenters. The Morgan fingerprint density at radius 2 is 1.67 bits per heavy atom. The number of nitrogens with one attached hydrogen (secondary N) is 1. The number of fused-ring (bicyclic) bond motifs is 2. The Hall–Kier alpha value is -1.09. The van der Waals surface area contributed by atoms with Crippen molar-refractivity contribution in [1.29, 1.82) is 0 Å². The SMILES string of the molecule is BrCCCCCCCCNc1c2c(nc3ccccc13)CCCC2. The first-order chi connectivity index (χ1) is 11.9. The summed E-state index contributed by atoms with van der Waals surface area (Å²) in [6.45, 7) is 1.08. The van der Waals surface area contributed by atoms with Gasteiger partial charge in [-0.3, -0.25) is 4.98 Å². The number of pyridine rings is 1. The molecule has 0 spiro atoms. The van der Waals surface area contributed by atoms with Gasteiger partial charge in [0.1, 0.15) is 0 Å². The van der Waals surface area contributed by atoms with E-state index in [1.165, 1.54) is 80.1 Å². The second kappa shape index (κ2) is 9.41.